The second-order valence-corrected chi connectivity index (χ2v) is 5.37. The van der Waals surface area contributed by atoms with Crippen LogP contribution in [0.15, 0.2) is 42.5 Å². The molecule has 0 aliphatic carbocycles. The van der Waals surface area contributed by atoms with Crippen molar-refractivity contribution < 1.29 is 9.90 Å². The Morgan fingerprint density at radius 2 is 1.86 bits per heavy atom. The minimum absolute atomic E-state index is 0.210. The van der Waals surface area contributed by atoms with E-state index in [1.54, 1.807) is 12.1 Å². The van der Waals surface area contributed by atoms with Crippen LogP contribution in [0.1, 0.15) is 28.4 Å². The highest BCUT2D eigenvalue weighted by Crippen LogP contribution is 2.23. The van der Waals surface area contributed by atoms with Gasteiger partial charge in [-0.1, -0.05) is 35.4 Å². The lowest BCUT2D eigenvalue weighted by atomic mass is 10.1. The van der Waals surface area contributed by atoms with Crippen molar-refractivity contribution in [3.05, 3.63) is 64.2 Å². The molecule has 0 spiro atoms. The number of benzene rings is 2. The number of aromatic carboxylic acids is 1. The van der Waals surface area contributed by atoms with Gasteiger partial charge in [0.1, 0.15) is 0 Å². The van der Waals surface area contributed by atoms with Crippen LogP contribution in [0.2, 0.25) is 5.02 Å². The number of rotatable bonds is 5. The second-order valence-electron chi connectivity index (χ2n) is 4.96. The molecule has 0 atom stereocenters. The van der Waals surface area contributed by atoms with E-state index in [1.165, 1.54) is 11.6 Å². The molecule has 0 fully saturated rings. The van der Waals surface area contributed by atoms with Gasteiger partial charge in [0.05, 0.1) is 5.56 Å². The van der Waals surface area contributed by atoms with Crippen molar-refractivity contribution in [3.8, 4) is 0 Å². The van der Waals surface area contributed by atoms with E-state index < -0.39 is 5.97 Å². The second kappa shape index (κ2) is 6.64. The largest absolute Gasteiger partial charge is 0.478 e. The maximum atomic E-state index is 10.9. The molecule has 2 rings (SSSR count). The zero-order chi connectivity index (χ0) is 15.4. The average molecular weight is 304 g/mol. The molecule has 4 heteroatoms. The Bertz CT molecular complexity index is 638. The van der Waals surface area contributed by atoms with Gasteiger partial charge in [0, 0.05) is 23.8 Å². The number of hydrogen-bond donors (Lipinski definition) is 1. The summed E-state index contributed by atoms with van der Waals surface area (Å²) in [4.78, 5) is 13.1. The van der Waals surface area contributed by atoms with E-state index in [1.807, 2.05) is 0 Å². The third-order valence-electron chi connectivity index (χ3n) is 3.44. The van der Waals surface area contributed by atoms with Crippen LogP contribution in [-0.4, -0.2) is 17.6 Å². The summed E-state index contributed by atoms with van der Waals surface area (Å²) in [5, 5.41) is 9.45. The molecular formula is C17H18ClNO2. The molecule has 0 unspecified atom stereocenters. The highest BCUT2D eigenvalue weighted by molar-refractivity contribution is 6.31. The van der Waals surface area contributed by atoms with E-state index in [0.717, 1.165) is 17.8 Å². The van der Waals surface area contributed by atoms with Crippen LogP contribution < -0.4 is 4.90 Å². The normalized spacial score (nSPS) is 10.4. The first-order valence-corrected chi connectivity index (χ1v) is 7.22. The number of anilines is 1. The fourth-order valence-corrected chi connectivity index (χ4v) is 2.40. The Morgan fingerprint density at radius 3 is 2.38 bits per heavy atom. The maximum Gasteiger partial charge on any atom is 0.335 e. The fourth-order valence-electron chi connectivity index (χ4n) is 2.16. The number of hydrogen-bond acceptors (Lipinski definition) is 2. The summed E-state index contributed by atoms with van der Waals surface area (Å²) >= 11 is 6.20. The Kier molecular flexibility index (Phi) is 4.86. The standard InChI is InChI=1S/C17H18ClNO2/c1-3-19(15-8-4-12(2)5-9-15)11-14-7-6-13(17(20)21)10-16(14)18/h4-10H,3,11H2,1-2H3,(H,20,21). The molecular weight excluding hydrogens is 286 g/mol. The van der Waals surface area contributed by atoms with Gasteiger partial charge in [-0.3, -0.25) is 0 Å². The van der Waals surface area contributed by atoms with E-state index in [0.29, 0.717) is 11.6 Å². The predicted octanol–water partition coefficient (Wildman–Crippen LogP) is 4.37. The summed E-state index contributed by atoms with van der Waals surface area (Å²) in [6, 6.07) is 13.2. The molecule has 0 saturated heterocycles. The molecule has 3 nitrogen and oxygen atoms in total. The topological polar surface area (TPSA) is 40.5 Å². The molecule has 0 heterocycles. The number of carboxylic acid groups (broad SMARTS) is 1. The maximum absolute atomic E-state index is 10.9. The Labute approximate surface area is 129 Å². The van der Waals surface area contributed by atoms with Gasteiger partial charge in [-0.15, -0.1) is 0 Å². The molecule has 0 amide bonds. The van der Waals surface area contributed by atoms with Crippen molar-refractivity contribution in [3.63, 3.8) is 0 Å². The fraction of sp³-hybridized carbons (Fsp3) is 0.235. The summed E-state index contributed by atoms with van der Waals surface area (Å²) in [5.74, 6) is -0.964. The number of halogens is 1. The van der Waals surface area contributed by atoms with Crippen molar-refractivity contribution in [1.82, 2.24) is 0 Å². The quantitative estimate of drug-likeness (QED) is 0.891. The molecule has 110 valence electrons. The minimum atomic E-state index is -0.964. The van der Waals surface area contributed by atoms with Gasteiger partial charge in [-0.2, -0.15) is 0 Å². The van der Waals surface area contributed by atoms with Crippen LogP contribution >= 0.6 is 11.6 Å². The van der Waals surface area contributed by atoms with E-state index in [-0.39, 0.29) is 5.56 Å². The zero-order valence-electron chi connectivity index (χ0n) is 12.1. The van der Waals surface area contributed by atoms with Crippen LogP contribution in [0, 0.1) is 6.92 Å². The SMILES string of the molecule is CCN(Cc1ccc(C(=O)O)cc1Cl)c1ccc(C)cc1. The summed E-state index contributed by atoms with van der Waals surface area (Å²) in [6.45, 7) is 5.64. The Balaban J connectivity index is 2.22. The lowest BCUT2D eigenvalue weighted by Gasteiger charge is -2.24. The molecule has 0 aliphatic heterocycles. The zero-order valence-corrected chi connectivity index (χ0v) is 12.9. The predicted molar refractivity (Wildman–Crippen MR) is 86.3 cm³/mol. The van der Waals surface area contributed by atoms with E-state index in [4.69, 9.17) is 16.7 Å². The van der Waals surface area contributed by atoms with Gasteiger partial charge >= 0.3 is 5.97 Å². The highest BCUT2D eigenvalue weighted by atomic mass is 35.5. The van der Waals surface area contributed by atoms with Gasteiger partial charge in [0.15, 0.2) is 0 Å². The van der Waals surface area contributed by atoms with Crippen molar-refractivity contribution in [2.75, 3.05) is 11.4 Å². The van der Waals surface area contributed by atoms with Crippen LogP contribution in [0.5, 0.6) is 0 Å². The van der Waals surface area contributed by atoms with Gasteiger partial charge in [0.25, 0.3) is 0 Å². The molecule has 0 aliphatic rings. The molecule has 0 aromatic heterocycles. The van der Waals surface area contributed by atoms with E-state index >= 15 is 0 Å². The molecule has 2 aromatic rings. The number of nitrogens with zero attached hydrogens (tertiary/aromatic N) is 1. The van der Waals surface area contributed by atoms with Crippen molar-refractivity contribution in [2.45, 2.75) is 20.4 Å². The summed E-state index contributed by atoms with van der Waals surface area (Å²) in [5.41, 5.74) is 3.48. The van der Waals surface area contributed by atoms with Crippen LogP contribution in [-0.2, 0) is 6.54 Å². The third kappa shape index (κ3) is 3.76. The Morgan fingerprint density at radius 1 is 1.19 bits per heavy atom. The molecule has 21 heavy (non-hydrogen) atoms. The van der Waals surface area contributed by atoms with Gasteiger partial charge in [-0.25, -0.2) is 4.79 Å². The molecule has 0 radical (unpaired) electrons. The first-order valence-electron chi connectivity index (χ1n) is 6.84. The number of aryl methyl sites for hydroxylation is 1. The van der Waals surface area contributed by atoms with Gasteiger partial charge < -0.3 is 10.0 Å². The first kappa shape index (κ1) is 15.4. The lowest BCUT2D eigenvalue weighted by molar-refractivity contribution is 0.0697. The van der Waals surface area contributed by atoms with Crippen molar-refractivity contribution >= 4 is 23.3 Å². The average Bonchev–Trinajstić information content (AvgIpc) is 2.47. The van der Waals surface area contributed by atoms with Crippen LogP contribution in [0.3, 0.4) is 0 Å². The smallest absolute Gasteiger partial charge is 0.335 e. The summed E-state index contributed by atoms with van der Waals surface area (Å²) in [6.07, 6.45) is 0. The van der Waals surface area contributed by atoms with Gasteiger partial charge in [0.2, 0.25) is 0 Å². The molecule has 0 saturated carbocycles. The lowest BCUT2D eigenvalue weighted by Crippen LogP contribution is -2.22. The molecule has 1 N–H and O–H groups in total. The minimum Gasteiger partial charge on any atom is -0.478 e. The molecule has 2 aromatic carbocycles. The van der Waals surface area contributed by atoms with Crippen LogP contribution in [0.25, 0.3) is 0 Å². The van der Waals surface area contributed by atoms with Crippen molar-refractivity contribution in [2.24, 2.45) is 0 Å². The Hall–Kier alpha value is -2.00. The van der Waals surface area contributed by atoms with Crippen molar-refractivity contribution in [1.29, 1.82) is 0 Å². The summed E-state index contributed by atoms with van der Waals surface area (Å²) < 4.78 is 0. The van der Waals surface area contributed by atoms with Gasteiger partial charge in [-0.05, 0) is 43.7 Å². The molecule has 0 bridgehead atoms. The monoisotopic (exact) mass is 303 g/mol. The van der Waals surface area contributed by atoms with Crippen LogP contribution in [0.4, 0.5) is 5.69 Å². The van der Waals surface area contributed by atoms with E-state index in [2.05, 4.69) is 43.0 Å². The summed E-state index contributed by atoms with van der Waals surface area (Å²) in [7, 11) is 0. The highest BCUT2D eigenvalue weighted by Gasteiger charge is 2.10. The third-order valence-corrected chi connectivity index (χ3v) is 3.79. The first-order chi connectivity index (χ1) is 10.0. The number of carboxylic acids is 1. The number of carbonyl (C=O) groups is 1. The van der Waals surface area contributed by atoms with E-state index in [9.17, 15) is 4.79 Å².